The molecule has 0 radical (unpaired) electrons. The maximum atomic E-state index is 14.6. The number of aromatic nitrogens is 1. The van der Waals surface area contributed by atoms with Gasteiger partial charge >= 0.3 is 6.03 Å². The number of nitrogens with two attached hydrogens (primary N) is 1. The molecular weight excluding hydrogens is 407 g/mol. The third-order valence-electron chi connectivity index (χ3n) is 5.42. The van der Waals surface area contributed by atoms with Crippen molar-refractivity contribution in [2.45, 2.75) is 32.8 Å². The van der Waals surface area contributed by atoms with Gasteiger partial charge in [-0.25, -0.2) is 14.2 Å². The highest BCUT2D eigenvalue weighted by Gasteiger charge is 2.17. The SMILES string of the molecule is COC(C)(C)CCNC(=O)Nc1cc(-c2cccc(-c3ccnc(N)c3)c2)c(C)cc1F. The molecule has 0 aliphatic rings. The summed E-state index contributed by atoms with van der Waals surface area (Å²) in [5.41, 5.74) is 9.98. The van der Waals surface area contributed by atoms with Crippen LogP contribution in [0, 0.1) is 12.7 Å². The van der Waals surface area contributed by atoms with Gasteiger partial charge < -0.3 is 21.1 Å². The van der Waals surface area contributed by atoms with Crippen LogP contribution in [0.25, 0.3) is 22.3 Å². The molecule has 0 saturated carbocycles. The van der Waals surface area contributed by atoms with Crippen molar-refractivity contribution in [2.24, 2.45) is 0 Å². The van der Waals surface area contributed by atoms with Gasteiger partial charge in [0, 0.05) is 19.9 Å². The van der Waals surface area contributed by atoms with Gasteiger partial charge in [-0.3, -0.25) is 0 Å². The molecule has 1 heterocycles. The van der Waals surface area contributed by atoms with Gasteiger partial charge in [-0.1, -0.05) is 18.2 Å². The highest BCUT2D eigenvalue weighted by molar-refractivity contribution is 5.90. The number of ether oxygens (including phenoxy) is 1. The fourth-order valence-corrected chi connectivity index (χ4v) is 3.32. The molecule has 7 heteroatoms. The molecule has 0 aliphatic heterocycles. The molecule has 0 spiro atoms. The zero-order chi connectivity index (χ0) is 23.3. The maximum Gasteiger partial charge on any atom is 0.319 e. The van der Waals surface area contributed by atoms with Crippen LogP contribution in [0.3, 0.4) is 0 Å². The van der Waals surface area contributed by atoms with Crippen LogP contribution >= 0.6 is 0 Å². The van der Waals surface area contributed by atoms with E-state index in [9.17, 15) is 9.18 Å². The number of hydrogen-bond donors (Lipinski definition) is 3. The van der Waals surface area contributed by atoms with E-state index >= 15 is 0 Å². The largest absolute Gasteiger partial charge is 0.384 e. The van der Waals surface area contributed by atoms with Crippen molar-refractivity contribution in [1.82, 2.24) is 10.3 Å². The van der Waals surface area contributed by atoms with E-state index in [0.29, 0.717) is 18.8 Å². The van der Waals surface area contributed by atoms with Crippen molar-refractivity contribution >= 4 is 17.5 Å². The lowest BCUT2D eigenvalue weighted by Crippen LogP contribution is -2.34. The first kappa shape index (κ1) is 23.2. The fraction of sp³-hybridized carbons (Fsp3) is 0.280. The number of methoxy groups -OCH3 is 1. The van der Waals surface area contributed by atoms with Crippen LogP contribution in [0.1, 0.15) is 25.8 Å². The topological polar surface area (TPSA) is 89.3 Å². The van der Waals surface area contributed by atoms with E-state index in [4.69, 9.17) is 10.5 Å². The number of rotatable bonds is 7. The predicted octanol–water partition coefficient (Wildman–Crippen LogP) is 5.38. The summed E-state index contributed by atoms with van der Waals surface area (Å²) in [7, 11) is 1.63. The zero-order valence-corrected chi connectivity index (χ0v) is 18.8. The molecule has 0 bridgehead atoms. The molecule has 168 valence electrons. The number of halogens is 1. The maximum absolute atomic E-state index is 14.6. The first-order valence-corrected chi connectivity index (χ1v) is 10.4. The standard InChI is InChI=1S/C25H29FN4O2/c1-16-12-21(26)22(30-24(31)29-11-9-25(2,3)32-4)15-20(16)19-7-5-6-17(13-19)18-8-10-28-23(27)14-18/h5-8,10,12-15H,9,11H2,1-4H3,(H2,27,28)(H2,29,30,31). The van der Waals surface area contributed by atoms with Crippen molar-refractivity contribution in [3.05, 3.63) is 66.1 Å². The minimum Gasteiger partial charge on any atom is -0.384 e. The predicted molar refractivity (Wildman–Crippen MR) is 127 cm³/mol. The summed E-state index contributed by atoms with van der Waals surface area (Å²) < 4.78 is 19.9. The second kappa shape index (κ2) is 9.78. The summed E-state index contributed by atoms with van der Waals surface area (Å²) in [5, 5.41) is 5.36. The van der Waals surface area contributed by atoms with Gasteiger partial charge in [-0.05, 0) is 85.3 Å². The Balaban J connectivity index is 1.81. The second-order valence-corrected chi connectivity index (χ2v) is 8.29. The first-order valence-electron chi connectivity index (χ1n) is 10.4. The van der Waals surface area contributed by atoms with Gasteiger partial charge in [0.25, 0.3) is 0 Å². The van der Waals surface area contributed by atoms with Gasteiger partial charge in [0.2, 0.25) is 0 Å². The summed E-state index contributed by atoms with van der Waals surface area (Å²) in [4.78, 5) is 16.3. The van der Waals surface area contributed by atoms with Crippen LogP contribution in [0.5, 0.6) is 0 Å². The highest BCUT2D eigenvalue weighted by Crippen LogP contribution is 2.32. The number of carbonyl (C=O) groups excluding carboxylic acids is 1. The third-order valence-corrected chi connectivity index (χ3v) is 5.42. The Morgan fingerprint density at radius 3 is 2.56 bits per heavy atom. The molecule has 3 aromatic rings. The number of pyridine rings is 1. The quantitative estimate of drug-likeness (QED) is 0.464. The molecule has 0 saturated heterocycles. The third kappa shape index (κ3) is 5.82. The lowest BCUT2D eigenvalue weighted by molar-refractivity contribution is 0.0165. The van der Waals surface area contributed by atoms with Crippen molar-refractivity contribution in [3.8, 4) is 22.3 Å². The minimum absolute atomic E-state index is 0.118. The minimum atomic E-state index is -0.489. The van der Waals surface area contributed by atoms with E-state index in [1.807, 2.05) is 51.1 Å². The first-order chi connectivity index (χ1) is 15.2. The number of benzene rings is 2. The molecular formula is C25H29FN4O2. The molecule has 0 aliphatic carbocycles. The number of nitrogens with zero attached hydrogens (tertiary/aromatic N) is 1. The van der Waals surface area contributed by atoms with Crippen LogP contribution in [-0.4, -0.2) is 30.3 Å². The number of anilines is 2. The number of nitrogen functional groups attached to an aromatic ring is 1. The van der Waals surface area contributed by atoms with Crippen molar-refractivity contribution in [3.63, 3.8) is 0 Å². The number of hydrogen-bond acceptors (Lipinski definition) is 4. The van der Waals surface area contributed by atoms with E-state index in [2.05, 4.69) is 15.6 Å². The van der Waals surface area contributed by atoms with E-state index in [1.165, 1.54) is 6.07 Å². The summed E-state index contributed by atoms with van der Waals surface area (Å²) in [6.07, 6.45) is 2.29. The van der Waals surface area contributed by atoms with E-state index in [-0.39, 0.29) is 11.3 Å². The van der Waals surface area contributed by atoms with Gasteiger partial charge in [-0.2, -0.15) is 0 Å². The van der Waals surface area contributed by atoms with Crippen LogP contribution in [-0.2, 0) is 4.74 Å². The average molecular weight is 437 g/mol. The number of aryl methyl sites for hydroxylation is 1. The molecule has 0 atom stereocenters. The Morgan fingerprint density at radius 2 is 1.84 bits per heavy atom. The van der Waals surface area contributed by atoms with Gasteiger partial charge in [0.15, 0.2) is 0 Å². The van der Waals surface area contributed by atoms with Crippen molar-refractivity contribution in [1.29, 1.82) is 0 Å². The molecule has 6 nitrogen and oxygen atoms in total. The Kier molecular flexibility index (Phi) is 7.10. The highest BCUT2D eigenvalue weighted by atomic mass is 19.1. The number of nitrogens with one attached hydrogen (secondary N) is 2. The molecule has 4 N–H and O–H groups in total. The smallest absolute Gasteiger partial charge is 0.319 e. The molecule has 32 heavy (non-hydrogen) atoms. The van der Waals surface area contributed by atoms with Crippen LogP contribution in [0.15, 0.2) is 54.7 Å². The second-order valence-electron chi connectivity index (χ2n) is 8.29. The number of amides is 2. The fourth-order valence-electron chi connectivity index (χ4n) is 3.32. The summed E-state index contributed by atoms with van der Waals surface area (Å²) in [6.45, 7) is 6.12. The Morgan fingerprint density at radius 1 is 1.12 bits per heavy atom. The van der Waals surface area contributed by atoms with E-state index in [0.717, 1.165) is 27.8 Å². The van der Waals surface area contributed by atoms with Crippen LogP contribution in [0.4, 0.5) is 20.7 Å². The Hall–Kier alpha value is -3.45. The van der Waals surface area contributed by atoms with Crippen molar-refractivity contribution < 1.29 is 13.9 Å². The summed E-state index contributed by atoms with van der Waals surface area (Å²) >= 11 is 0. The molecule has 1 aromatic heterocycles. The Labute approximate surface area is 188 Å². The van der Waals surface area contributed by atoms with Crippen LogP contribution in [0.2, 0.25) is 0 Å². The van der Waals surface area contributed by atoms with Gasteiger partial charge in [0.05, 0.1) is 11.3 Å². The van der Waals surface area contributed by atoms with Crippen molar-refractivity contribution in [2.75, 3.05) is 24.7 Å². The summed E-state index contributed by atoms with van der Waals surface area (Å²) in [6, 6.07) is 14.2. The van der Waals surface area contributed by atoms with E-state index in [1.54, 1.807) is 25.4 Å². The summed E-state index contributed by atoms with van der Waals surface area (Å²) in [5.74, 6) is -0.0473. The molecule has 2 amide bonds. The number of carbonyl (C=O) groups is 1. The van der Waals surface area contributed by atoms with E-state index < -0.39 is 11.8 Å². The normalized spacial score (nSPS) is 11.3. The van der Waals surface area contributed by atoms with Crippen LogP contribution < -0.4 is 16.4 Å². The number of urea groups is 1. The average Bonchev–Trinajstić information content (AvgIpc) is 2.75. The molecule has 3 rings (SSSR count). The lowest BCUT2D eigenvalue weighted by atomic mass is 9.96. The van der Waals surface area contributed by atoms with Gasteiger partial charge in [0.1, 0.15) is 11.6 Å². The molecule has 0 unspecified atom stereocenters. The zero-order valence-electron chi connectivity index (χ0n) is 18.8. The Bertz CT molecular complexity index is 1110. The van der Waals surface area contributed by atoms with Gasteiger partial charge in [-0.15, -0.1) is 0 Å². The molecule has 2 aromatic carbocycles. The lowest BCUT2D eigenvalue weighted by Gasteiger charge is -2.22. The molecule has 0 fully saturated rings. The monoisotopic (exact) mass is 436 g/mol.